The monoisotopic (exact) mass is 438 g/mol. The van der Waals surface area contributed by atoms with E-state index in [0.717, 1.165) is 0 Å². The molecule has 0 fully saturated rings. The van der Waals surface area contributed by atoms with Crippen molar-refractivity contribution in [1.82, 2.24) is 4.98 Å². The molecular formula is C21H21F3N2O5. The maximum absolute atomic E-state index is 13.7. The Balaban J connectivity index is 2.57. The molecule has 0 spiro atoms. The minimum Gasteiger partial charge on any atom is -0.476 e. The summed E-state index contributed by atoms with van der Waals surface area (Å²) in [6.07, 6.45) is -4.23. The van der Waals surface area contributed by atoms with Gasteiger partial charge in [-0.15, -0.1) is 6.58 Å². The van der Waals surface area contributed by atoms with Crippen LogP contribution in [0.1, 0.15) is 42.4 Å². The highest BCUT2D eigenvalue weighted by Crippen LogP contribution is 2.40. The lowest BCUT2D eigenvalue weighted by Crippen LogP contribution is -2.28. The van der Waals surface area contributed by atoms with Crippen LogP contribution in [-0.2, 0) is 17.3 Å². The zero-order valence-electron chi connectivity index (χ0n) is 17.0. The van der Waals surface area contributed by atoms with Crippen LogP contribution in [0.25, 0.3) is 0 Å². The number of para-hydroxylation sites is 1. The lowest BCUT2D eigenvalue weighted by molar-refractivity contribution is -0.138. The number of pyridine rings is 1. The number of hydrogen-bond donors (Lipinski definition) is 2. The number of carbonyl (C=O) groups is 2. The molecule has 1 amide bonds. The summed E-state index contributed by atoms with van der Waals surface area (Å²) in [7, 11) is 0. The topological polar surface area (TPSA) is 97.8 Å². The van der Waals surface area contributed by atoms with E-state index in [9.17, 15) is 27.9 Å². The van der Waals surface area contributed by atoms with Crippen LogP contribution in [-0.4, -0.2) is 27.8 Å². The standard InChI is InChI=1S/C21H21F3N2O5/c1-5-8-12-9-6-7-10-15(12)30-17-13(21(22,23)24)11-14(16(26-17)18(27)28)25-19(29)31-20(2,3)4/h5-7,9-11H,1,8H2,2-4H3,(H,25,29)(H,27,28). The van der Waals surface area contributed by atoms with Crippen molar-refractivity contribution < 1.29 is 37.3 Å². The van der Waals surface area contributed by atoms with Gasteiger partial charge in [0, 0.05) is 0 Å². The van der Waals surface area contributed by atoms with Gasteiger partial charge in [-0.2, -0.15) is 13.2 Å². The summed E-state index contributed by atoms with van der Waals surface area (Å²) in [5, 5.41) is 11.4. The highest BCUT2D eigenvalue weighted by atomic mass is 19.4. The average molecular weight is 438 g/mol. The molecule has 0 saturated heterocycles. The second-order valence-electron chi connectivity index (χ2n) is 7.37. The van der Waals surface area contributed by atoms with Crippen molar-refractivity contribution in [3.63, 3.8) is 0 Å². The number of aromatic carboxylic acids is 1. The van der Waals surface area contributed by atoms with Crippen molar-refractivity contribution in [2.75, 3.05) is 5.32 Å². The van der Waals surface area contributed by atoms with Gasteiger partial charge >= 0.3 is 18.2 Å². The van der Waals surface area contributed by atoms with E-state index in [4.69, 9.17) is 9.47 Å². The predicted molar refractivity (Wildman–Crippen MR) is 106 cm³/mol. The van der Waals surface area contributed by atoms with Gasteiger partial charge in [-0.1, -0.05) is 24.3 Å². The largest absolute Gasteiger partial charge is 0.476 e. The van der Waals surface area contributed by atoms with Gasteiger partial charge < -0.3 is 14.6 Å². The number of benzene rings is 1. The molecule has 0 unspecified atom stereocenters. The van der Waals surface area contributed by atoms with E-state index in [2.05, 4.69) is 11.6 Å². The third-order valence-electron chi connectivity index (χ3n) is 3.67. The smallest absolute Gasteiger partial charge is 0.421 e. The molecule has 10 heteroatoms. The number of rotatable bonds is 6. The van der Waals surface area contributed by atoms with Crippen molar-refractivity contribution >= 4 is 17.7 Å². The number of carboxylic acid groups (broad SMARTS) is 1. The van der Waals surface area contributed by atoms with Gasteiger partial charge in [0.05, 0.1) is 5.69 Å². The molecule has 1 aromatic carbocycles. The van der Waals surface area contributed by atoms with E-state index >= 15 is 0 Å². The van der Waals surface area contributed by atoms with E-state index in [1.54, 1.807) is 39.0 Å². The molecule has 1 heterocycles. The fourth-order valence-corrected chi connectivity index (χ4v) is 2.48. The number of alkyl halides is 3. The lowest BCUT2D eigenvalue weighted by atomic mass is 10.1. The molecule has 0 aliphatic heterocycles. The van der Waals surface area contributed by atoms with Crippen molar-refractivity contribution in [3.8, 4) is 11.6 Å². The predicted octanol–water partition coefficient (Wildman–Crippen LogP) is 5.67. The van der Waals surface area contributed by atoms with Crippen LogP contribution in [0.2, 0.25) is 0 Å². The van der Waals surface area contributed by atoms with Crippen LogP contribution in [0.4, 0.5) is 23.7 Å². The molecule has 2 aromatic rings. The van der Waals surface area contributed by atoms with Crippen molar-refractivity contribution in [3.05, 3.63) is 59.8 Å². The van der Waals surface area contributed by atoms with Crippen molar-refractivity contribution in [2.45, 2.75) is 39.0 Å². The summed E-state index contributed by atoms with van der Waals surface area (Å²) < 4.78 is 51.4. The van der Waals surface area contributed by atoms with Crippen LogP contribution < -0.4 is 10.1 Å². The molecule has 0 aliphatic carbocycles. The zero-order chi connectivity index (χ0) is 23.4. The number of hydrogen-bond acceptors (Lipinski definition) is 5. The van der Waals surface area contributed by atoms with Crippen LogP contribution >= 0.6 is 0 Å². The first-order chi connectivity index (χ1) is 14.3. The molecule has 0 saturated carbocycles. The molecule has 0 atom stereocenters. The Morgan fingerprint density at radius 2 is 1.87 bits per heavy atom. The molecule has 1 aromatic heterocycles. The van der Waals surface area contributed by atoms with E-state index in [1.807, 2.05) is 5.32 Å². The Bertz CT molecular complexity index is 997. The van der Waals surface area contributed by atoms with Gasteiger partial charge in [-0.25, -0.2) is 14.6 Å². The van der Waals surface area contributed by atoms with Gasteiger partial charge in [-0.3, -0.25) is 5.32 Å². The Labute approximate surface area is 176 Å². The van der Waals surface area contributed by atoms with Gasteiger partial charge in [-0.05, 0) is 44.9 Å². The van der Waals surface area contributed by atoms with Crippen LogP contribution in [0.15, 0.2) is 43.0 Å². The van der Waals surface area contributed by atoms with Gasteiger partial charge in [0.1, 0.15) is 16.9 Å². The number of halogens is 3. The molecule has 0 radical (unpaired) electrons. The second-order valence-corrected chi connectivity index (χ2v) is 7.37. The Kier molecular flexibility index (Phi) is 6.94. The molecule has 2 rings (SSSR count). The van der Waals surface area contributed by atoms with Crippen molar-refractivity contribution in [1.29, 1.82) is 0 Å². The van der Waals surface area contributed by atoms with Gasteiger partial charge in [0.2, 0.25) is 5.88 Å². The molecule has 7 nitrogen and oxygen atoms in total. The average Bonchev–Trinajstić information content (AvgIpc) is 2.61. The molecule has 31 heavy (non-hydrogen) atoms. The molecular weight excluding hydrogens is 417 g/mol. The number of carboxylic acids is 1. The number of ether oxygens (including phenoxy) is 2. The minimum absolute atomic E-state index is 0.0598. The maximum Gasteiger partial charge on any atom is 0.421 e. The first kappa shape index (κ1) is 23.7. The number of nitrogens with zero attached hydrogens (tertiary/aromatic N) is 1. The Morgan fingerprint density at radius 3 is 2.42 bits per heavy atom. The fraction of sp³-hybridized carbons (Fsp3) is 0.286. The van der Waals surface area contributed by atoms with E-state index in [0.29, 0.717) is 18.1 Å². The number of allylic oxidation sites excluding steroid dienone is 1. The normalized spacial score (nSPS) is 11.5. The van der Waals surface area contributed by atoms with Crippen LogP contribution in [0.3, 0.4) is 0 Å². The highest BCUT2D eigenvalue weighted by Gasteiger charge is 2.38. The van der Waals surface area contributed by atoms with E-state index in [1.165, 1.54) is 12.1 Å². The van der Waals surface area contributed by atoms with E-state index < -0.39 is 46.7 Å². The van der Waals surface area contributed by atoms with Crippen LogP contribution in [0, 0.1) is 0 Å². The number of aromatic nitrogens is 1. The fourth-order valence-electron chi connectivity index (χ4n) is 2.48. The lowest BCUT2D eigenvalue weighted by Gasteiger charge is -2.21. The quantitative estimate of drug-likeness (QED) is 0.564. The summed E-state index contributed by atoms with van der Waals surface area (Å²) in [5.41, 5.74) is -3.31. The minimum atomic E-state index is -4.95. The zero-order valence-corrected chi connectivity index (χ0v) is 17.0. The summed E-state index contributed by atoms with van der Waals surface area (Å²) in [5.74, 6) is -2.57. The Hall–Kier alpha value is -3.56. The molecule has 166 valence electrons. The number of nitrogens with one attached hydrogen (secondary N) is 1. The number of anilines is 1. The number of amides is 1. The Morgan fingerprint density at radius 1 is 1.23 bits per heavy atom. The SMILES string of the molecule is C=CCc1ccccc1Oc1nc(C(=O)O)c(NC(=O)OC(C)(C)C)cc1C(F)(F)F. The summed E-state index contributed by atoms with van der Waals surface area (Å²) >= 11 is 0. The molecule has 2 N–H and O–H groups in total. The first-order valence-electron chi connectivity index (χ1n) is 9.04. The van der Waals surface area contributed by atoms with Gasteiger partial charge in [0.25, 0.3) is 0 Å². The molecule has 0 aliphatic rings. The van der Waals surface area contributed by atoms with Crippen molar-refractivity contribution in [2.24, 2.45) is 0 Å². The molecule has 0 bridgehead atoms. The maximum atomic E-state index is 13.7. The summed E-state index contributed by atoms with van der Waals surface area (Å²) in [4.78, 5) is 27.1. The van der Waals surface area contributed by atoms with Gasteiger partial charge in [0.15, 0.2) is 5.69 Å². The number of carbonyl (C=O) groups excluding carboxylic acids is 1. The first-order valence-corrected chi connectivity index (χ1v) is 9.04. The van der Waals surface area contributed by atoms with E-state index in [-0.39, 0.29) is 5.75 Å². The summed E-state index contributed by atoms with van der Waals surface area (Å²) in [6, 6.07) is 6.71. The summed E-state index contributed by atoms with van der Waals surface area (Å²) in [6.45, 7) is 8.21. The third kappa shape index (κ3) is 6.46. The highest BCUT2D eigenvalue weighted by molar-refractivity contribution is 5.97. The second kappa shape index (κ2) is 9.07. The van der Waals surface area contributed by atoms with Crippen LogP contribution in [0.5, 0.6) is 11.6 Å². The third-order valence-corrected chi connectivity index (χ3v) is 3.67.